The first-order chi connectivity index (χ1) is 10.1. The van der Waals surface area contributed by atoms with Gasteiger partial charge >= 0.3 is 0 Å². The summed E-state index contributed by atoms with van der Waals surface area (Å²) in [5.74, 6) is -0.192. The molecule has 1 amide bonds. The predicted molar refractivity (Wildman–Crippen MR) is 86.9 cm³/mol. The standard InChI is InChI=1S/C17H17ClN2O/c18-12-8-9-14(15(19)10-12)17(21)20-16-7-3-5-11-4-1-2-6-13(11)16/h3,5,7-10H,1-2,4,6,19H2,(H,20,21). The SMILES string of the molecule is Nc1cc(Cl)ccc1C(=O)Nc1cccc2c1CCCC2. The number of carbonyl (C=O) groups is 1. The lowest BCUT2D eigenvalue weighted by atomic mass is 9.90. The summed E-state index contributed by atoms with van der Waals surface area (Å²) in [6.07, 6.45) is 4.49. The molecule has 21 heavy (non-hydrogen) atoms. The number of nitrogen functional groups attached to an aromatic ring is 1. The van der Waals surface area contributed by atoms with Crippen molar-refractivity contribution in [1.29, 1.82) is 0 Å². The number of nitrogens with one attached hydrogen (secondary N) is 1. The highest BCUT2D eigenvalue weighted by Gasteiger charge is 2.16. The van der Waals surface area contributed by atoms with Gasteiger partial charge in [-0.25, -0.2) is 0 Å². The zero-order valence-corrected chi connectivity index (χ0v) is 12.4. The normalized spacial score (nSPS) is 13.6. The first-order valence-corrected chi connectivity index (χ1v) is 7.50. The van der Waals surface area contributed by atoms with Gasteiger partial charge in [0.25, 0.3) is 5.91 Å². The molecule has 0 unspecified atom stereocenters. The van der Waals surface area contributed by atoms with E-state index in [4.69, 9.17) is 17.3 Å². The summed E-state index contributed by atoms with van der Waals surface area (Å²) in [5, 5.41) is 3.51. The number of hydrogen-bond acceptors (Lipinski definition) is 2. The monoisotopic (exact) mass is 300 g/mol. The highest BCUT2D eigenvalue weighted by Crippen LogP contribution is 2.28. The lowest BCUT2D eigenvalue weighted by molar-refractivity contribution is 0.102. The number of fused-ring (bicyclic) bond motifs is 1. The Morgan fingerprint density at radius 3 is 2.76 bits per heavy atom. The van der Waals surface area contributed by atoms with Gasteiger partial charge in [0, 0.05) is 16.4 Å². The van der Waals surface area contributed by atoms with Crippen LogP contribution in [0.2, 0.25) is 5.02 Å². The van der Waals surface area contributed by atoms with Crippen LogP contribution in [0.5, 0.6) is 0 Å². The molecule has 2 aromatic rings. The number of nitrogens with two attached hydrogens (primary N) is 1. The number of benzene rings is 2. The van der Waals surface area contributed by atoms with E-state index in [1.165, 1.54) is 24.0 Å². The Labute approximate surface area is 129 Å². The molecule has 0 aliphatic heterocycles. The smallest absolute Gasteiger partial charge is 0.257 e. The van der Waals surface area contributed by atoms with Crippen LogP contribution in [0.3, 0.4) is 0 Å². The molecule has 0 atom stereocenters. The number of hydrogen-bond donors (Lipinski definition) is 2. The lowest BCUT2D eigenvalue weighted by Gasteiger charge is -2.19. The van der Waals surface area contributed by atoms with E-state index in [1.54, 1.807) is 18.2 Å². The summed E-state index contributed by atoms with van der Waals surface area (Å²) in [7, 11) is 0. The molecule has 2 aromatic carbocycles. The average molecular weight is 301 g/mol. The minimum absolute atomic E-state index is 0.192. The molecule has 3 N–H and O–H groups in total. The summed E-state index contributed by atoms with van der Waals surface area (Å²) in [4.78, 5) is 12.4. The zero-order chi connectivity index (χ0) is 14.8. The van der Waals surface area contributed by atoms with Crippen LogP contribution >= 0.6 is 11.6 Å². The van der Waals surface area contributed by atoms with Gasteiger partial charge < -0.3 is 11.1 Å². The molecular weight excluding hydrogens is 284 g/mol. The highest BCUT2D eigenvalue weighted by molar-refractivity contribution is 6.31. The van der Waals surface area contributed by atoms with Gasteiger partial charge in [-0.05, 0) is 61.1 Å². The van der Waals surface area contributed by atoms with Crippen LogP contribution in [0.4, 0.5) is 11.4 Å². The number of anilines is 2. The van der Waals surface area contributed by atoms with Gasteiger partial charge in [-0.2, -0.15) is 0 Å². The molecule has 0 bridgehead atoms. The van der Waals surface area contributed by atoms with E-state index < -0.39 is 0 Å². The van der Waals surface area contributed by atoms with E-state index in [0.29, 0.717) is 16.3 Å². The van der Waals surface area contributed by atoms with Crippen LogP contribution in [0.15, 0.2) is 36.4 Å². The molecule has 0 saturated carbocycles. The minimum atomic E-state index is -0.192. The van der Waals surface area contributed by atoms with Crippen molar-refractivity contribution < 1.29 is 4.79 Å². The van der Waals surface area contributed by atoms with Crippen LogP contribution in [-0.2, 0) is 12.8 Å². The fourth-order valence-electron chi connectivity index (χ4n) is 2.83. The molecule has 4 heteroatoms. The van der Waals surface area contributed by atoms with Crippen molar-refractivity contribution in [2.45, 2.75) is 25.7 Å². The van der Waals surface area contributed by atoms with Crippen LogP contribution in [0.25, 0.3) is 0 Å². The molecule has 1 aliphatic rings. The highest BCUT2D eigenvalue weighted by atomic mass is 35.5. The molecule has 108 valence electrons. The van der Waals surface area contributed by atoms with Crippen LogP contribution in [-0.4, -0.2) is 5.91 Å². The van der Waals surface area contributed by atoms with E-state index in [1.807, 2.05) is 12.1 Å². The molecule has 0 saturated heterocycles. The first-order valence-electron chi connectivity index (χ1n) is 7.12. The second kappa shape index (κ2) is 5.78. The van der Waals surface area contributed by atoms with Crippen molar-refractivity contribution in [2.75, 3.05) is 11.1 Å². The summed E-state index contributed by atoms with van der Waals surface area (Å²) in [6.45, 7) is 0. The molecule has 0 radical (unpaired) electrons. The number of rotatable bonds is 2. The van der Waals surface area contributed by atoms with Gasteiger partial charge in [0.2, 0.25) is 0 Å². The second-order valence-corrected chi connectivity index (χ2v) is 5.77. The molecule has 3 rings (SSSR count). The maximum Gasteiger partial charge on any atom is 0.257 e. The topological polar surface area (TPSA) is 55.1 Å². The van der Waals surface area contributed by atoms with Crippen LogP contribution in [0.1, 0.15) is 34.3 Å². The molecule has 0 aromatic heterocycles. The third kappa shape index (κ3) is 2.88. The predicted octanol–water partition coefficient (Wildman–Crippen LogP) is 4.05. The Morgan fingerprint density at radius 2 is 1.95 bits per heavy atom. The van der Waals surface area contributed by atoms with E-state index in [-0.39, 0.29) is 5.91 Å². The van der Waals surface area contributed by atoms with E-state index in [0.717, 1.165) is 18.5 Å². The Bertz CT molecular complexity index is 697. The van der Waals surface area contributed by atoms with E-state index in [9.17, 15) is 4.79 Å². The quantitative estimate of drug-likeness (QED) is 0.822. The summed E-state index contributed by atoms with van der Waals surface area (Å²) in [5.41, 5.74) is 10.2. The maximum absolute atomic E-state index is 12.4. The van der Waals surface area contributed by atoms with Crippen molar-refractivity contribution in [3.8, 4) is 0 Å². The number of halogens is 1. The van der Waals surface area contributed by atoms with E-state index in [2.05, 4.69) is 11.4 Å². The van der Waals surface area contributed by atoms with Gasteiger partial charge in [-0.15, -0.1) is 0 Å². The first kappa shape index (κ1) is 14.0. The summed E-state index contributed by atoms with van der Waals surface area (Å²) in [6, 6.07) is 11.0. The third-order valence-electron chi connectivity index (χ3n) is 3.90. The largest absolute Gasteiger partial charge is 0.398 e. The zero-order valence-electron chi connectivity index (χ0n) is 11.7. The van der Waals surface area contributed by atoms with Crippen LogP contribution < -0.4 is 11.1 Å². The number of amides is 1. The molecule has 0 spiro atoms. The second-order valence-electron chi connectivity index (χ2n) is 5.34. The molecule has 3 nitrogen and oxygen atoms in total. The van der Waals surface area contributed by atoms with Gasteiger partial charge in [0.15, 0.2) is 0 Å². The number of aryl methyl sites for hydroxylation is 1. The van der Waals surface area contributed by atoms with Crippen molar-refractivity contribution in [2.24, 2.45) is 0 Å². The average Bonchev–Trinajstić information content (AvgIpc) is 2.47. The molecule has 0 fully saturated rings. The van der Waals surface area contributed by atoms with Crippen molar-refractivity contribution in [3.63, 3.8) is 0 Å². The lowest BCUT2D eigenvalue weighted by Crippen LogP contribution is -2.16. The molecular formula is C17H17ClN2O. The van der Waals surface area contributed by atoms with Gasteiger partial charge in [-0.1, -0.05) is 23.7 Å². The molecule has 1 aliphatic carbocycles. The molecule has 0 heterocycles. The number of carbonyl (C=O) groups excluding carboxylic acids is 1. The van der Waals surface area contributed by atoms with Gasteiger partial charge in [0.1, 0.15) is 0 Å². The third-order valence-corrected chi connectivity index (χ3v) is 4.14. The Kier molecular flexibility index (Phi) is 3.84. The summed E-state index contributed by atoms with van der Waals surface area (Å²) >= 11 is 5.86. The fourth-order valence-corrected chi connectivity index (χ4v) is 3.01. The Morgan fingerprint density at radius 1 is 1.14 bits per heavy atom. The van der Waals surface area contributed by atoms with Crippen molar-refractivity contribution in [3.05, 3.63) is 58.1 Å². The minimum Gasteiger partial charge on any atom is -0.398 e. The van der Waals surface area contributed by atoms with Crippen molar-refractivity contribution in [1.82, 2.24) is 0 Å². The maximum atomic E-state index is 12.4. The Balaban J connectivity index is 1.88. The van der Waals surface area contributed by atoms with Crippen molar-refractivity contribution >= 4 is 28.9 Å². The fraction of sp³-hybridized carbons (Fsp3) is 0.235. The van der Waals surface area contributed by atoms with Gasteiger partial charge in [0.05, 0.1) is 5.56 Å². The summed E-state index contributed by atoms with van der Waals surface area (Å²) < 4.78 is 0. The van der Waals surface area contributed by atoms with Crippen LogP contribution in [0, 0.1) is 0 Å². The Hall–Kier alpha value is -2.00. The van der Waals surface area contributed by atoms with E-state index >= 15 is 0 Å². The van der Waals surface area contributed by atoms with Gasteiger partial charge in [-0.3, -0.25) is 4.79 Å².